The first-order valence-corrected chi connectivity index (χ1v) is 6.66. The Kier molecular flexibility index (Phi) is 4.65. The summed E-state index contributed by atoms with van der Waals surface area (Å²) in [6.07, 6.45) is 0.660. The zero-order valence-electron chi connectivity index (χ0n) is 11.9. The van der Waals surface area contributed by atoms with Crippen molar-refractivity contribution in [3.8, 4) is 0 Å². The number of H-pyrrole nitrogens is 1. The van der Waals surface area contributed by atoms with Crippen molar-refractivity contribution in [2.24, 2.45) is 0 Å². The molecule has 3 N–H and O–H groups in total. The van der Waals surface area contributed by atoms with Crippen LogP contribution in [0.4, 0.5) is 5.95 Å². The summed E-state index contributed by atoms with van der Waals surface area (Å²) in [5, 5.41) is 7.41. The Morgan fingerprint density at radius 1 is 1.29 bits per heavy atom. The van der Waals surface area contributed by atoms with Crippen molar-refractivity contribution >= 4 is 11.9 Å². The highest BCUT2D eigenvalue weighted by Gasteiger charge is 2.18. The summed E-state index contributed by atoms with van der Waals surface area (Å²) < 4.78 is 0. The van der Waals surface area contributed by atoms with Gasteiger partial charge in [-0.15, -0.1) is 10.2 Å². The van der Waals surface area contributed by atoms with Crippen molar-refractivity contribution in [1.29, 1.82) is 0 Å². The molecule has 0 aliphatic rings. The molecule has 0 saturated carbocycles. The number of aromatic nitrogens is 3. The number of carbonyl (C=O) groups is 1. The summed E-state index contributed by atoms with van der Waals surface area (Å²) in [7, 11) is 0. The SMILES string of the molecule is CC[C@H](C(=O)NNc1nnc(C)c(=O)[nH]1)c1ccccc1. The van der Waals surface area contributed by atoms with E-state index in [9.17, 15) is 9.59 Å². The van der Waals surface area contributed by atoms with Gasteiger partial charge in [0.15, 0.2) is 0 Å². The Morgan fingerprint density at radius 2 is 2.00 bits per heavy atom. The minimum absolute atomic E-state index is 0.0989. The zero-order valence-corrected chi connectivity index (χ0v) is 11.9. The van der Waals surface area contributed by atoms with Gasteiger partial charge in [-0.2, -0.15) is 0 Å². The summed E-state index contributed by atoms with van der Waals surface area (Å²) in [6, 6.07) is 9.49. The van der Waals surface area contributed by atoms with Gasteiger partial charge >= 0.3 is 0 Å². The molecule has 7 heteroatoms. The zero-order chi connectivity index (χ0) is 15.2. The molecule has 1 aromatic heterocycles. The number of amides is 1. The van der Waals surface area contributed by atoms with Crippen molar-refractivity contribution in [2.75, 3.05) is 5.43 Å². The van der Waals surface area contributed by atoms with Crippen LogP contribution in [0.3, 0.4) is 0 Å². The van der Waals surface area contributed by atoms with Crippen LogP contribution in [0.15, 0.2) is 35.1 Å². The smallest absolute Gasteiger partial charge is 0.274 e. The summed E-state index contributed by atoms with van der Waals surface area (Å²) in [6.45, 7) is 3.49. The van der Waals surface area contributed by atoms with Crippen molar-refractivity contribution in [3.05, 3.63) is 51.9 Å². The van der Waals surface area contributed by atoms with E-state index in [4.69, 9.17) is 0 Å². The molecule has 0 radical (unpaired) electrons. The predicted molar refractivity (Wildman–Crippen MR) is 78.6 cm³/mol. The fraction of sp³-hybridized carbons (Fsp3) is 0.286. The standard InChI is InChI=1S/C14H17N5O2/c1-3-11(10-7-5-4-6-8-10)13(21)17-19-14-15-12(20)9(2)16-18-14/h4-8,11H,3H2,1-2H3,(H,17,21)(H2,15,18,19,20)/t11-/m0/s1. The van der Waals surface area contributed by atoms with Gasteiger partial charge in [-0.05, 0) is 18.9 Å². The van der Waals surface area contributed by atoms with Gasteiger partial charge in [0.2, 0.25) is 11.9 Å². The molecule has 1 heterocycles. The molecule has 1 atom stereocenters. The summed E-state index contributed by atoms with van der Waals surface area (Å²) in [5.74, 6) is -0.377. The lowest BCUT2D eigenvalue weighted by Crippen LogP contribution is -2.35. The van der Waals surface area contributed by atoms with Gasteiger partial charge in [-0.1, -0.05) is 37.3 Å². The van der Waals surface area contributed by atoms with E-state index < -0.39 is 0 Å². The lowest BCUT2D eigenvalue weighted by Gasteiger charge is -2.15. The number of hydrogen-bond donors (Lipinski definition) is 3. The second kappa shape index (κ2) is 6.65. The predicted octanol–water partition coefficient (Wildman–Crippen LogP) is 1.11. The van der Waals surface area contributed by atoms with Crippen LogP contribution >= 0.6 is 0 Å². The van der Waals surface area contributed by atoms with Crippen LogP contribution in [0.1, 0.15) is 30.5 Å². The first-order chi connectivity index (χ1) is 10.1. The van der Waals surface area contributed by atoms with E-state index in [0.717, 1.165) is 5.56 Å². The average Bonchev–Trinajstić information content (AvgIpc) is 2.50. The minimum atomic E-state index is -0.350. The molecule has 21 heavy (non-hydrogen) atoms. The van der Waals surface area contributed by atoms with Gasteiger partial charge in [0.1, 0.15) is 5.69 Å². The highest BCUT2D eigenvalue weighted by molar-refractivity contribution is 5.84. The molecular weight excluding hydrogens is 270 g/mol. The Labute approximate surface area is 121 Å². The second-order valence-electron chi connectivity index (χ2n) is 4.57. The second-order valence-corrected chi connectivity index (χ2v) is 4.57. The number of anilines is 1. The van der Waals surface area contributed by atoms with Gasteiger partial charge in [0.25, 0.3) is 5.56 Å². The van der Waals surface area contributed by atoms with E-state index in [-0.39, 0.29) is 29.0 Å². The third-order valence-electron chi connectivity index (χ3n) is 3.09. The molecule has 0 unspecified atom stereocenters. The maximum Gasteiger partial charge on any atom is 0.274 e. The quantitative estimate of drug-likeness (QED) is 0.715. The highest BCUT2D eigenvalue weighted by atomic mass is 16.2. The number of hydrazine groups is 1. The number of carbonyl (C=O) groups excluding carboxylic acids is 1. The number of aromatic amines is 1. The van der Waals surface area contributed by atoms with Crippen LogP contribution in [-0.2, 0) is 4.79 Å². The van der Waals surface area contributed by atoms with Gasteiger partial charge in [0, 0.05) is 0 Å². The molecule has 1 amide bonds. The van der Waals surface area contributed by atoms with Crippen LogP contribution in [0, 0.1) is 6.92 Å². The summed E-state index contributed by atoms with van der Waals surface area (Å²) >= 11 is 0. The summed E-state index contributed by atoms with van der Waals surface area (Å²) in [5.41, 5.74) is 5.95. The van der Waals surface area contributed by atoms with Crippen molar-refractivity contribution in [2.45, 2.75) is 26.2 Å². The normalized spacial score (nSPS) is 11.7. The Balaban J connectivity index is 2.03. The largest absolute Gasteiger partial charge is 0.288 e. The topological polar surface area (TPSA) is 99.8 Å². The van der Waals surface area contributed by atoms with E-state index in [1.54, 1.807) is 6.92 Å². The third-order valence-corrected chi connectivity index (χ3v) is 3.09. The van der Waals surface area contributed by atoms with Crippen molar-refractivity contribution < 1.29 is 4.79 Å². The fourth-order valence-electron chi connectivity index (χ4n) is 1.92. The molecule has 2 aromatic rings. The molecule has 0 saturated heterocycles. The Hall–Kier alpha value is -2.70. The highest BCUT2D eigenvalue weighted by Crippen LogP contribution is 2.18. The van der Waals surface area contributed by atoms with E-state index in [2.05, 4.69) is 26.0 Å². The number of rotatable bonds is 5. The lowest BCUT2D eigenvalue weighted by molar-refractivity contribution is -0.122. The Morgan fingerprint density at radius 3 is 2.62 bits per heavy atom. The third kappa shape index (κ3) is 3.65. The van der Waals surface area contributed by atoms with E-state index >= 15 is 0 Å². The number of aryl methyl sites for hydroxylation is 1. The lowest BCUT2D eigenvalue weighted by atomic mass is 9.96. The monoisotopic (exact) mass is 287 g/mol. The molecule has 2 rings (SSSR count). The number of nitrogens with zero attached hydrogens (tertiary/aromatic N) is 2. The molecule has 0 aliphatic carbocycles. The molecular formula is C14H17N5O2. The van der Waals surface area contributed by atoms with Gasteiger partial charge in [0.05, 0.1) is 5.92 Å². The van der Waals surface area contributed by atoms with E-state index in [1.165, 1.54) is 0 Å². The van der Waals surface area contributed by atoms with Crippen molar-refractivity contribution in [1.82, 2.24) is 20.6 Å². The van der Waals surface area contributed by atoms with E-state index in [0.29, 0.717) is 6.42 Å². The van der Waals surface area contributed by atoms with Crippen LogP contribution in [0.2, 0.25) is 0 Å². The molecule has 110 valence electrons. The van der Waals surface area contributed by atoms with Gasteiger partial charge < -0.3 is 0 Å². The fourth-order valence-corrected chi connectivity index (χ4v) is 1.92. The van der Waals surface area contributed by atoms with Crippen LogP contribution in [0.25, 0.3) is 0 Å². The molecule has 0 spiro atoms. The molecule has 0 bridgehead atoms. The number of benzene rings is 1. The van der Waals surface area contributed by atoms with Crippen LogP contribution in [-0.4, -0.2) is 21.1 Å². The Bertz CT molecular complexity index is 669. The molecule has 0 aliphatic heterocycles. The molecule has 1 aromatic carbocycles. The molecule has 0 fully saturated rings. The van der Waals surface area contributed by atoms with Crippen molar-refractivity contribution in [3.63, 3.8) is 0 Å². The maximum atomic E-state index is 12.2. The van der Waals surface area contributed by atoms with Gasteiger partial charge in [-0.25, -0.2) is 0 Å². The van der Waals surface area contributed by atoms with Crippen LogP contribution in [0.5, 0.6) is 0 Å². The van der Waals surface area contributed by atoms with Crippen LogP contribution < -0.4 is 16.4 Å². The molecule has 7 nitrogen and oxygen atoms in total. The number of hydrogen-bond acceptors (Lipinski definition) is 5. The number of nitrogens with one attached hydrogen (secondary N) is 3. The van der Waals surface area contributed by atoms with Gasteiger partial charge in [-0.3, -0.25) is 25.4 Å². The van der Waals surface area contributed by atoms with E-state index in [1.807, 2.05) is 37.3 Å². The first-order valence-electron chi connectivity index (χ1n) is 6.66. The summed E-state index contributed by atoms with van der Waals surface area (Å²) in [4.78, 5) is 26.0. The minimum Gasteiger partial charge on any atom is -0.288 e. The average molecular weight is 287 g/mol. The first kappa shape index (κ1) is 14.7. The maximum absolute atomic E-state index is 12.2.